The van der Waals surface area contributed by atoms with Crippen molar-refractivity contribution in [3.05, 3.63) is 0 Å². The number of rotatable bonds is 4. The van der Waals surface area contributed by atoms with E-state index in [4.69, 9.17) is 4.74 Å². The second-order valence-electron chi connectivity index (χ2n) is 4.44. The number of nitrogens with zero attached hydrogens (tertiary/aromatic N) is 1. The Morgan fingerprint density at radius 1 is 1.43 bits per heavy atom. The second-order valence-corrected chi connectivity index (χ2v) is 4.44. The summed E-state index contributed by atoms with van der Waals surface area (Å²) in [6.45, 7) is 4.52. The lowest BCUT2D eigenvalue weighted by atomic mass is 10.1. The molecule has 2 rings (SSSR count). The van der Waals surface area contributed by atoms with Crippen molar-refractivity contribution in [3.63, 3.8) is 0 Å². The van der Waals surface area contributed by atoms with Crippen molar-refractivity contribution in [3.8, 4) is 0 Å². The minimum atomic E-state index is 0.784. The number of hydrogen-bond donors (Lipinski definition) is 1. The van der Waals surface area contributed by atoms with Crippen molar-refractivity contribution >= 4 is 0 Å². The van der Waals surface area contributed by atoms with Crippen molar-refractivity contribution in [2.45, 2.75) is 37.8 Å². The average Bonchev–Trinajstić information content (AvgIpc) is 2.67. The third-order valence-electron chi connectivity index (χ3n) is 3.55. The summed E-state index contributed by atoms with van der Waals surface area (Å²) in [7, 11) is 1.79. The Kier molecular flexibility index (Phi) is 3.79. The second kappa shape index (κ2) is 5.10. The molecule has 0 bridgehead atoms. The molecular weight excluding hydrogens is 176 g/mol. The highest BCUT2D eigenvalue weighted by Gasteiger charge is 2.34. The molecule has 0 aromatic rings. The minimum absolute atomic E-state index is 0.784. The van der Waals surface area contributed by atoms with Crippen LogP contribution in [0.3, 0.4) is 0 Å². The van der Waals surface area contributed by atoms with Gasteiger partial charge >= 0.3 is 0 Å². The summed E-state index contributed by atoms with van der Waals surface area (Å²) in [5, 5.41) is 3.63. The first-order valence-electron chi connectivity index (χ1n) is 5.88. The SMILES string of the molecule is COCCCN1CCN[C@H]2CCC[C@H]21. The normalized spacial score (nSPS) is 33.2. The maximum Gasteiger partial charge on any atom is 0.0474 e. The van der Waals surface area contributed by atoms with Gasteiger partial charge in [-0.2, -0.15) is 0 Å². The van der Waals surface area contributed by atoms with Crippen LogP contribution in [0, 0.1) is 0 Å². The van der Waals surface area contributed by atoms with E-state index in [1.54, 1.807) is 7.11 Å². The number of fused-ring (bicyclic) bond motifs is 1. The van der Waals surface area contributed by atoms with E-state index in [0.29, 0.717) is 0 Å². The number of piperazine rings is 1. The first-order chi connectivity index (χ1) is 6.92. The fraction of sp³-hybridized carbons (Fsp3) is 1.00. The van der Waals surface area contributed by atoms with Crippen LogP contribution in [0.1, 0.15) is 25.7 Å². The molecule has 2 fully saturated rings. The van der Waals surface area contributed by atoms with E-state index in [2.05, 4.69) is 10.2 Å². The third kappa shape index (κ3) is 2.27. The Morgan fingerprint density at radius 3 is 3.21 bits per heavy atom. The highest BCUT2D eigenvalue weighted by molar-refractivity contribution is 4.93. The molecule has 0 aromatic heterocycles. The lowest BCUT2D eigenvalue weighted by molar-refractivity contribution is 0.115. The molecular formula is C11H22N2O. The zero-order valence-corrected chi connectivity index (χ0v) is 9.17. The molecule has 0 radical (unpaired) electrons. The van der Waals surface area contributed by atoms with Crippen LogP contribution >= 0.6 is 0 Å². The smallest absolute Gasteiger partial charge is 0.0474 e. The van der Waals surface area contributed by atoms with Crippen molar-refractivity contribution in [1.29, 1.82) is 0 Å². The molecule has 1 saturated carbocycles. The molecule has 3 heteroatoms. The van der Waals surface area contributed by atoms with Crippen LogP contribution in [0.2, 0.25) is 0 Å². The van der Waals surface area contributed by atoms with Crippen LogP contribution < -0.4 is 5.32 Å². The highest BCUT2D eigenvalue weighted by atomic mass is 16.5. The van der Waals surface area contributed by atoms with Crippen molar-refractivity contribution < 1.29 is 4.74 Å². The molecule has 3 nitrogen and oxygen atoms in total. The Morgan fingerprint density at radius 2 is 2.36 bits per heavy atom. The molecule has 1 heterocycles. The van der Waals surface area contributed by atoms with Gasteiger partial charge in [0.25, 0.3) is 0 Å². The van der Waals surface area contributed by atoms with Gasteiger partial charge in [-0.25, -0.2) is 0 Å². The Hall–Kier alpha value is -0.120. The quantitative estimate of drug-likeness (QED) is 0.678. The molecule has 2 atom stereocenters. The topological polar surface area (TPSA) is 24.5 Å². The van der Waals surface area contributed by atoms with Gasteiger partial charge in [-0.15, -0.1) is 0 Å². The van der Waals surface area contributed by atoms with E-state index in [1.807, 2.05) is 0 Å². The van der Waals surface area contributed by atoms with Crippen molar-refractivity contribution in [2.24, 2.45) is 0 Å². The number of nitrogens with one attached hydrogen (secondary N) is 1. The van der Waals surface area contributed by atoms with Gasteiger partial charge < -0.3 is 10.1 Å². The van der Waals surface area contributed by atoms with Crippen molar-refractivity contribution in [2.75, 3.05) is 33.4 Å². The van der Waals surface area contributed by atoms with Crippen molar-refractivity contribution in [1.82, 2.24) is 10.2 Å². The fourth-order valence-electron chi connectivity index (χ4n) is 2.86. The van der Waals surface area contributed by atoms with Gasteiger partial charge in [0.15, 0.2) is 0 Å². The predicted octanol–water partition coefficient (Wildman–Crippen LogP) is 0.849. The number of hydrogen-bond acceptors (Lipinski definition) is 3. The summed E-state index contributed by atoms with van der Waals surface area (Å²) in [6, 6.07) is 1.60. The van der Waals surface area contributed by atoms with Gasteiger partial charge in [0.2, 0.25) is 0 Å². The van der Waals surface area contributed by atoms with Crippen LogP contribution in [0.25, 0.3) is 0 Å². The molecule has 14 heavy (non-hydrogen) atoms. The zero-order valence-electron chi connectivity index (χ0n) is 9.17. The molecule has 0 unspecified atom stereocenters. The monoisotopic (exact) mass is 198 g/mol. The molecule has 0 aromatic carbocycles. The van der Waals surface area contributed by atoms with Gasteiger partial charge in [0.05, 0.1) is 0 Å². The Balaban J connectivity index is 1.78. The molecule has 0 spiro atoms. The molecule has 1 aliphatic heterocycles. The van der Waals surface area contributed by atoms with E-state index < -0.39 is 0 Å². The minimum Gasteiger partial charge on any atom is -0.385 e. The number of ether oxygens (including phenoxy) is 1. The van der Waals surface area contributed by atoms with Gasteiger partial charge in [-0.3, -0.25) is 4.90 Å². The summed E-state index contributed by atoms with van der Waals surface area (Å²) in [5.74, 6) is 0. The van der Waals surface area contributed by atoms with Gasteiger partial charge in [-0.05, 0) is 19.3 Å². The van der Waals surface area contributed by atoms with E-state index in [9.17, 15) is 0 Å². The zero-order chi connectivity index (χ0) is 9.80. The van der Waals surface area contributed by atoms with E-state index in [0.717, 1.165) is 18.7 Å². The highest BCUT2D eigenvalue weighted by Crippen LogP contribution is 2.26. The van der Waals surface area contributed by atoms with Crippen LogP contribution in [0.4, 0.5) is 0 Å². The lowest BCUT2D eigenvalue weighted by Crippen LogP contribution is -2.55. The van der Waals surface area contributed by atoms with Crippen LogP contribution in [0.15, 0.2) is 0 Å². The number of methoxy groups -OCH3 is 1. The van der Waals surface area contributed by atoms with E-state index in [-0.39, 0.29) is 0 Å². The molecule has 1 aliphatic carbocycles. The molecule has 82 valence electrons. The summed E-state index contributed by atoms with van der Waals surface area (Å²) in [5.41, 5.74) is 0. The van der Waals surface area contributed by atoms with Crippen LogP contribution in [-0.4, -0.2) is 50.3 Å². The molecule has 1 saturated heterocycles. The Labute approximate surface area is 86.8 Å². The first-order valence-corrected chi connectivity index (χ1v) is 5.88. The van der Waals surface area contributed by atoms with Crippen LogP contribution in [0.5, 0.6) is 0 Å². The standard InChI is InChI=1S/C11H22N2O/c1-14-9-3-7-13-8-6-12-10-4-2-5-11(10)13/h10-12H,2-9H2,1H3/t10-,11+/m0/s1. The predicted molar refractivity (Wildman–Crippen MR) is 57.5 cm³/mol. The first kappa shape index (κ1) is 10.4. The summed E-state index contributed by atoms with van der Waals surface area (Å²) >= 11 is 0. The largest absolute Gasteiger partial charge is 0.385 e. The van der Waals surface area contributed by atoms with Crippen LogP contribution in [-0.2, 0) is 4.74 Å². The lowest BCUT2D eigenvalue weighted by Gasteiger charge is -2.38. The average molecular weight is 198 g/mol. The summed E-state index contributed by atoms with van der Waals surface area (Å²) in [4.78, 5) is 2.66. The van der Waals surface area contributed by atoms with Gasteiger partial charge in [0.1, 0.15) is 0 Å². The van der Waals surface area contributed by atoms with E-state index in [1.165, 1.54) is 45.3 Å². The summed E-state index contributed by atoms with van der Waals surface area (Å²) < 4.78 is 5.10. The molecule has 1 N–H and O–H groups in total. The van der Waals surface area contributed by atoms with Gasteiger partial charge in [0, 0.05) is 45.4 Å². The van der Waals surface area contributed by atoms with E-state index >= 15 is 0 Å². The maximum atomic E-state index is 5.10. The summed E-state index contributed by atoms with van der Waals surface area (Å²) in [6.07, 6.45) is 5.36. The Bertz CT molecular complexity index is 175. The third-order valence-corrected chi connectivity index (χ3v) is 3.55. The maximum absolute atomic E-state index is 5.10. The molecule has 0 amide bonds. The molecule has 2 aliphatic rings. The van der Waals surface area contributed by atoms with Gasteiger partial charge in [-0.1, -0.05) is 6.42 Å². The fourth-order valence-corrected chi connectivity index (χ4v) is 2.86.